The number of fused-ring (bicyclic) bond motifs is 1. The van der Waals surface area contributed by atoms with E-state index in [1.807, 2.05) is 48.5 Å². The Kier molecular flexibility index (Phi) is 4.48. The summed E-state index contributed by atoms with van der Waals surface area (Å²) in [5, 5.41) is 4.73. The van der Waals surface area contributed by atoms with Crippen molar-refractivity contribution in [1.82, 2.24) is 20.1 Å². The summed E-state index contributed by atoms with van der Waals surface area (Å²) in [6.07, 6.45) is 3.66. The van der Waals surface area contributed by atoms with Gasteiger partial charge >= 0.3 is 0 Å². The fourth-order valence-corrected chi connectivity index (χ4v) is 2.89. The number of para-hydroxylation sites is 2. The lowest BCUT2D eigenvalue weighted by Gasteiger charge is -1.96. The summed E-state index contributed by atoms with van der Waals surface area (Å²) in [4.78, 5) is 12.4. The minimum atomic E-state index is 0.601. The van der Waals surface area contributed by atoms with Crippen LogP contribution >= 0.6 is 11.6 Å². The van der Waals surface area contributed by atoms with Crippen molar-refractivity contribution in [2.45, 2.75) is 25.7 Å². The van der Waals surface area contributed by atoms with Gasteiger partial charge in [-0.1, -0.05) is 28.9 Å². The lowest BCUT2D eigenvalue weighted by atomic mass is 10.2. The maximum Gasteiger partial charge on any atom is 0.226 e. The van der Waals surface area contributed by atoms with E-state index in [1.165, 1.54) is 0 Å². The van der Waals surface area contributed by atoms with Crippen molar-refractivity contribution in [2.75, 3.05) is 0 Å². The minimum Gasteiger partial charge on any atom is -0.342 e. The van der Waals surface area contributed by atoms with E-state index in [0.717, 1.165) is 48.1 Å². The highest BCUT2D eigenvalue weighted by Gasteiger charge is 2.09. The van der Waals surface area contributed by atoms with Crippen molar-refractivity contribution < 1.29 is 4.52 Å². The molecule has 0 saturated heterocycles. The standard InChI is InChI=1S/C19H17ClN4O/c20-14-11-9-13(10-12-14)19-23-18(25-24-19)8-4-3-7-17-21-15-5-1-2-6-16(15)22-17/h1-2,5-6,9-12H,3-4,7-8H2,(H,21,22). The van der Waals surface area contributed by atoms with Gasteiger partial charge in [0.2, 0.25) is 11.7 Å². The van der Waals surface area contributed by atoms with Gasteiger partial charge in [0.15, 0.2) is 0 Å². The third kappa shape index (κ3) is 3.72. The van der Waals surface area contributed by atoms with Gasteiger partial charge in [-0.3, -0.25) is 0 Å². The molecule has 0 bridgehead atoms. The van der Waals surface area contributed by atoms with Crippen LogP contribution in [0.25, 0.3) is 22.4 Å². The summed E-state index contributed by atoms with van der Waals surface area (Å²) in [7, 11) is 0. The zero-order chi connectivity index (χ0) is 17.1. The van der Waals surface area contributed by atoms with Crippen molar-refractivity contribution in [2.24, 2.45) is 0 Å². The SMILES string of the molecule is Clc1ccc(-c2noc(CCCCc3nc4ccccc4[nH]3)n2)cc1. The van der Waals surface area contributed by atoms with Crippen molar-refractivity contribution in [3.63, 3.8) is 0 Å². The average Bonchev–Trinajstić information content (AvgIpc) is 3.26. The highest BCUT2D eigenvalue weighted by Crippen LogP contribution is 2.19. The second-order valence-electron chi connectivity index (χ2n) is 5.93. The maximum absolute atomic E-state index is 5.89. The van der Waals surface area contributed by atoms with Crippen LogP contribution < -0.4 is 0 Å². The second kappa shape index (κ2) is 7.07. The number of nitrogens with zero attached hydrogens (tertiary/aromatic N) is 3. The number of unbranched alkanes of at least 4 members (excludes halogenated alkanes) is 1. The predicted octanol–water partition coefficient (Wildman–Crippen LogP) is 4.83. The third-order valence-corrected chi connectivity index (χ3v) is 4.32. The number of halogens is 1. The van der Waals surface area contributed by atoms with E-state index in [4.69, 9.17) is 16.1 Å². The van der Waals surface area contributed by atoms with Crippen molar-refractivity contribution in [1.29, 1.82) is 0 Å². The van der Waals surface area contributed by atoms with Gasteiger partial charge < -0.3 is 9.51 Å². The fourth-order valence-electron chi connectivity index (χ4n) is 2.77. The zero-order valence-corrected chi connectivity index (χ0v) is 14.3. The lowest BCUT2D eigenvalue weighted by Crippen LogP contribution is -1.91. The number of nitrogens with one attached hydrogen (secondary N) is 1. The van der Waals surface area contributed by atoms with Crippen molar-refractivity contribution >= 4 is 22.6 Å². The topological polar surface area (TPSA) is 67.6 Å². The molecular weight excluding hydrogens is 336 g/mol. The van der Waals surface area contributed by atoms with E-state index in [1.54, 1.807) is 0 Å². The van der Waals surface area contributed by atoms with E-state index in [2.05, 4.69) is 20.1 Å². The fraction of sp³-hybridized carbons (Fsp3) is 0.211. The van der Waals surface area contributed by atoms with E-state index in [0.29, 0.717) is 16.7 Å². The first kappa shape index (κ1) is 15.8. The second-order valence-corrected chi connectivity index (χ2v) is 6.36. The van der Waals surface area contributed by atoms with Gasteiger partial charge in [0.25, 0.3) is 0 Å². The summed E-state index contributed by atoms with van der Waals surface area (Å²) in [6.45, 7) is 0. The minimum absolute atomic E-state index is 0.601. The van der Waals surface area contributed by atoms with E-state index < -0.39 is 0 Å². The normalized spacial score (nSPS) is 11.2. The number of aromatic nitrogens is 4. The number of imidazole rings is 1. The summed E-state index contributed by atoms with van der Waals surface area (Å²) in [5.74, 6) is 2.28. The Morgan fingerprint density at radius 3 is 2.56 bits per heavy atom. The summed E-state index contributed by atoms with van der Waals surface area (Å²) < 4.78 is 5.33. The maximum atomic E-state index is 5.89. The molecule has 2 aromatic heterocycles. The summed E-state index contributed by atoms with van der Waals surface area (Å²) in [6, 6.07) is 15.5. The van der Waals surface area contributed by atoms with Gasteiger partial charge in [0, 0.05) is 23.4 Å². The summed E-state index contributed by atoms with van der Waals surface area (Å²) >= 11 is 5.89. The van der Waals surface area contributed by atoms with Gasteiger partial charge in [0.1, 0.15) is 5.82 Å². The smallest absolute Gasteiger partial charge is 0.226 e. The van der Waals surface area contributed by atoms with Crippen LogP contribution in [0.3, 0.4) is 0 Å². The Morgan fingerprint density at radius 1 is 0.920 bits per heavy atom. The first-order valence-electron chi connectivity index (χ1n) is 8.30. The zero-order valence-electron chi connectivity index (χ0n) is 13.6. The Balaban J connectivity index is 1.31. The molecule has 4 rings (SSSR count). The predicted molar refractivity (Wildman–Crippen MR) is 97.5 cm³/mol. The molecular formula is C19H17ClN4O. The molecule has 6 heteroatoms. The van der Waals surface area contributed by atoms with Crippen molar-refractivity contribution in [3.05, 3.63) is 65.3 Å². The third-order valence-electron chi connectivity index (χ3n) is 4.06. The number of H-pyrrole nitrogens is 1. The summed E-state index contributed by atoms with van der Waals surface area (Å²) in [5.41, 5.74) is 3.01. The lowest BCUT2D eigenvalue weighted by molar-refractivity contribution is 0.374. The molecule has 0 amide bonds. The van der Waals surface area contributed by atoms with Crippen LogP contribution in [0.15, 0.2) is 53.1 Å². The van der Waals surface area contributed by atoms with Crippen molar-refractivity contribution in [3.8, 4) is 11.4 Å². The van der Waals surface area contributed by atoms with Gasteiger partial charge in [-0.2, -0.15) is 4.98 Å². The number of benzene rings is 2. The van der Waals surface area contributed by atoms with Crippen LogP contribution in [0.2, 0.25) is 5.02 Å². The van der Waals surface area contributed by atoms with E-state index >= 15 is 0 Å². The monoisotopic (exact) mass is 352 g/mol. The number of hydrogen-bond acceptors (Lipinski definition) is 4. The first-order chi connectivity index (χ1) is 12.3. The molecule has 126 valence electrons. The molecule has 0 saturated carbocycles. The van der Waals surface area contributed by atoms with Crippen LogP contribution in [0.5, 0.6) is 0 Å². The van der Waals surface area contributed by atoms with Crippen LogP contribution in [0.1, 0.15) is 24.6 Å². The Morgan fingerprint density at radius 2 is 1.72 bits per heavy atom. The van der Waals surface area contributed by atoms with Gasteiger partial charge in [0.05, 0.1) is 11.0 Å². The first-order valence-corrected chi connectivity index (χ1v) is 8.68. The molecule has 2 heterocycles. The molecule has 25 heavy (non-hydrogen) atoms. The molecule has 2 aromatic carbocycles. The molecule has 0 aliphatic carbocycles. The van der Waals surface area contributed by atoms with E-state index in [-0.39, 0.29) is 0 Å². The van der Waals surface area contributed by atoms with Crippen LogP contribution in [0.4, 0.5) is 0 Å². The Bertz CT molecular complexity index is 941. The Hall–Kier alpha value is -2.66. The number of hydrogen-bond donors (Lipinski definition) is 1. The molecule has 1 N–H and O–H groups in total. The Labute approximate surface area is 150 Å². The van der Waals surface area contributed by atoms with Crippen LogP contribution in [-0.4, -0.2) is 20.1 Å². The molecule has 5 nitrogen and oxygen atoms in total. The quantitative estimate of drug-likeness (QED) is 0.504. The molecule has 0 fully saturated rings. The van der Waals surface area contributed by atoms with Crippen LogP contribution in [-0.2, 0) is 12.8 Å². The molecule has 0 aliphatic rings. The van der Waals surface area contributed by atoms with Crippen LogP contribution in [0, 0.1) is 0 Å². The van der Waals surface area contributed by atoms with E-state index in [9.17, 15) is 0 Å². The molecule has 0 radical (unpaired) electrons. The highest BCUT2D eigenvalue weighted by atomic mass is 35.5. The highest BCUT2D eigenvalue weighted by molar-refractivity contribution is 6.30. The molecule has 0 unspecified atom stereocenters. The van der Waals surface area contributed by atoms with Gasteiger partial charge in [-0.25, -0.2) is 4.98 Å². The molecule has 0 spiro atoms. The molecule has 4 aromatic rings. The number of aromatic amines is 1. The molecule has 0 aliphatic heterocycles. The number of aryl methyl sites for hydroxylation is 2. The van der Waals surface area contributed by atoms with Gasteiger partial charge in [-0.05, 0) is 49.2 Å². The molecule has 0 atom stereocenters. The largest absolute Gasteiger partial charge is 0.342 e. The number of rotatable bonds is 6. The average molecular weight is 353 g/mol. The van der Waals surface area contributed by atoms with Gasteiger partial charge in [-0.15, -0.1) is 0 Å².